The highest BCUT2D eigenvalue weighted by Crippen LogP contribution is 2.40. The predicted molar refractivity (Wildman–Crippen MR) is 232 cm³/mol. The van der Waals surface area contributed by atoms with E-state index < -0.39 is 0 Å². The number of hydrogen-bond donors (Lipinski definition) is 0. The van der Waals surface area contributed by atoms with Crippen molar-refractivity contribution in [1.29, 1.82) is 0 Å². The molecule has 6 nitrogen and oxygen atoms in total. The highest BCUT2D eigenvalue weighted by molar-refractivity contribution is 6.14. The van der Waals surface area contributed by atoms with Gasteiger partial charge in [0.2, 0.25) is 5.95 Å². The van der Waals surface area contributed by atoms with Gasteiger partial charge in [-0.25, -0.2) is 4.98 Å². The Kier molecular flexibility index (Phi) is 6.83. The van der Waals surface area contributed by atoms with Crippen LogP contribution in [0.4, 0.5) is 0 Å². The summed E-state index contributed by atoms with van der Waals surface area (Å²) in [4.78, 5) is 15.5. The summed E-state index contributed by atoms with van der Waals surface area (Å²) < 4.78 is 11.2. The monoisotopic (exact) mass is 729 g/mol. The Labute approximate surface area is 326 Å². The molecule has 0 aliphatic carbocycles. The maximum atomic E-state index is 6.70. The van der Waals surface area contributed by atoms with Gasteiger partial charge in [-0.1, -0.05) is 133 Å². The SMILES string of the molecule is c1ccc(-c2ccc3c(c2)c2ccccc2n3-c2ccc3c(c2)oc2cccc(-c4nc(-c5ccccc5)nc(-n5c6ccccc6c6ccccc65)n4)c23)cc1. The molecule has 8 aromatic carbocycles. The molecule has 0 radical (unpaired) electrons. The smallest absolute Gasteiger partial charge is 0.238 e. The van der Waals surface area contributed by atoms with E-state index in [2.05, 4.69) is 155 Å². The molecule has 57 heavy (non-hydrogen) atoms. The van der Waals surface area contributed by atoms with Gasteiger partial charge >= 0.3 is 0 Å². The molecule has 0 aliphatic heterocycles. The van der Waals surface area contributed by atoms with Crippen LogP contribution in [0.15, 0.2) is 192 Å². The zero-order chi connectivity index (χ0) is 37.5. The average molecular weight is 730 g/mol. The first-order chi connectivity index (χ1) is 28.3. The van der Waals surface area contributed by atoms with Crippen molar-refractivity contribution in [2.75, 3.05) is 0 Å². The Bertz CT molecular complexity index is 3470. The molecule has 12 aromatic rings. The second kappa shape index (κ2) is 12.3. The first-order valence-electron chi connectivity index (χ1n) is 19.1. The number of hydrogen-bond acceptors (Lipinski definition) is 4. The van der Waals surface area contributed by atoms with Crippen molar-refractivity contribution in [3.63, 3.8) is 0 Å². The van der Waals surface area contributed by atoms with Crippen molar-refractivity contribution in [2.24, 2.45) is 0 Å². The van der Waals surface area contributed by atoms with Crippen molar-refractivity contribution in [1.82, 2.24) is 24.1 Å². The van der Waals surface area contributed by atoms with E-state index in [0.717, 1.165) is 71.6 Å². The summed E-state index contributed by atoms with van der Waals surface area (Å²) in [7, 11) is 0. The first kappa shape index (κ1) is 31.5. The first-order valence-corrected chi connectivity index (χ1v) is 19.1. The van der Waals surface area contributed by atoms with E-state index in [1.165, 1.54) is 21.9 Å². The molecule has 0 saturated heterocycles. The van der Waals surface area contributed by atoms with Crippen LogP contribution in [0.5, 0.6) is 0 Å². The predicted octanol–water partition coefficient (Wildman–Crippen LogP) is 13.0. The van der Waals surface area contributed by atoms with Crippen LogP contribution in [-0.4, -0.2) is 24.1 Å². The molecule has 0 aliphatic rings. The molecule has 0 fully saturated rings. The number of aromatic nitrogens is 5. The molecule has 0 N–H and O–H groups in total. The zero-order valence-electron chi connectivity index (χ0n) is 30.5. The van der Waals surface area contributed by atoms with Crippen LogP contribution in [0.2, 0.25) is 0 Å². The van der Waals surface area contributed by atoms with E-state index in [0.29, 0.717) is 17.6 Å². The topological polar surface area (TPSA) is 61.7 Å². The Morgan fingerprint density at radius 3 is 1.67 bits per heavy atom. The molecule has 4 heterocycles. The van der Waals surface area contributed by atoms with Crippen LogP contribution < -0.4 is 0 Å². The van der Waals surface area contributed by atoms with Crippen LogP contribution in [0.25, 0.3) is 111 Å². The largest absolute Gasteiger partial charge is 0.456 e. The van der Waals surface area contributed by atoms with Gasteiger partial charge < -0.3 is 8.98 Å². The highest BCUT2D eigenvalue weighted by atomic mass is 16.3. The summed E-state index contributed by atoms with van der Waals surface area (Å²) in [5.41, 5.74) is 11.1. The molecular weight excluding hydrogens is 699 g/mol. The number of rotatable bonds is 5. The Balaban J connectivity index is 1.06. The summed E-state index contributed by atoms with van der Waals surface area (Å²) in [5.74, 6) is 1.74. The van der Waals surface area contributed by atoms with Crippen LogP contribution in [0, 0.1) is 0 Å². The molecule has 6 heteroatoms. The van der Waals surface area contributed by atoms with Gasteiger partial charge in [-0.15, -0.1) is 0 Å². The fourth-order valence-electron chi connectivity index (χ4n) is 8.64. The van der Waals surface area contributed by atoms with E-state index in [-0.39, 0.29) is 0 Å². The maximum absolute atomic E-state index is 6.70. The number of para-hydroxylation sites is 3. The third kappa shape index (κ3) is 4.87. The van der Waals surface area contributed by atoms with E-state index in [9.17, 15) is 0 Å². The normalized spacial score (nSPS) is 11.9. The van der Waals surface area contributed by atoms with Crippen LogP contribution in [-0.2, 0) is 0 Å². The van der Waals surface area contributed by atoms with Gasteiger partial charge in [-0.3, -0.25) is 4.57 Å². The molecule has 4 aromatic heterocycles. The number of benzene rings is 8. The Morgan fingerprint density at radius 1 is 0.351 bits per heavy atom. The number of nitrogens with zero attached hydrogens (tertiary/aromatic N) is 5. The number of furan rings is 1. The van der Waals surface area contributed by atoms with E-state index >= 15 is 0 Å². The van der Waals surface area contributed by atoms with Crippen LogP contribution >= 0.6 is 0 Å². The molecule has 0 bridgehead atoms. The fraction of sp³-hybridized carbons (Fsp3) is 0. The van der Waals surface area contributed by atoms with Crippen molar-refractivity contribution in [2.45, 2.75) is 0 Å². The summed E-state index contributed by atoms with van der Waals surface area (Å²) in [6.07, 6.45) is 0. The fourth-order valence-corrected chi connectivity index (χ4v) is 8.64. The minimum absolute atomic E-state index is 0.560. The minimum atomic E-state index is 0.560. The average Bonchev–Trinajstić information content (AvgIpc) is 3.94. The summed E-state index contributed by atoms with van der Waals surface area (Å²) in [6, 6.07) is 65.5. The van der Waals surface area contributed by atoms with Gasteiger partial charge in [0.05, 0.1) is 22.1 Å². The summed E-state index contributed by atoms with van der Waals surface area (Å²) in [6.45, 7) is 0. The van der Waals surface area contributed by atoms with Crippen LogP contribution in [0.3, 0.4) is 0 Å². The third-order valence-electron chi connectivity index (χ3n) is 11.2. The zero-order valence-corrected chi connectivity index (χ0v) is 30.5. The lowest BCUT2D eigenvalue weighted by Crippen LogP contribution is -2.06. The standard InChI is InChI=1S/C51H31N5O/c1-3-14-32(15-4-1)34-26-29-45-41(30-34)38-20-9-10-22-42(38)55(45)35-27-28-39-47(31-35)57-46-25-13-21-40(48(39)46)50-52-49(33-16-5-2-6-17-33)53-51(54-50)56-43-23-11-7-18-36(43)37-19-8-12-24-44(37)56/h1-31H. The van der Waals surface area contributed by atoms with Crippen LogP contribution in [0.1, 0.15) is 0 Å². The van der Waals surface area contributed by atoms with E-state index in [4.69, 9.17) is 19.4 Å². The maximum Gasteiger partial charge on any atom is 0.238 e. The van der Waals surface area contributed by atoms with Gasteiger partial charge in [0.15, 0.2) is 11.6 Å². The molecular formula is C51H31N5O. The molecule has 0 spiro atoms. The summed E-state index contributed by atoms with van der Waals surface area (Å²) >= 11 is 0. The quantitative estimate of drug-likeness (QED) is 0.177. The minimum Gasteiger partial charge on any atom is -0.456 e. The molecule has 0 unspecified atom stereocenters. The molecule has 12 rings (SSSR count). The summed E-state index contributed by atoms with van der Waals surface area (Å²) in [5, 5.41) is 6.68. The van der Waals surface area contributed by atoms with Gasteiger partial charge in [-0.2, -0.15) is 9.97 Å². The Hall–Kier alpha value is -7.83. The molecule has 266 valence electrons. The molecule has 0 amide bonds. The molecule has 0 saturated carbocycles. The lowest BCUT2D eigenvalue weighted by molar-refractivity contribution is 0.668. The second-order valence-electron chi connectivity index (χ2n) is 14.4. The lowest BCUT2D eigenvalue weighted by atomic mass is 10.0. The highest BCUT2D eigenvalue weighted by Gasteiger charge is 2.21. The third-order valence-corrected chi connectivity index (χ3v) is 11.2. The number of fused-ring (bicyclic) bond motifs is 9. The van der Waals surface area contributed by atoms with Gasteiger partial charge in [0.1, 0.15) is 11.2 Å². The lowest BCUT2D eigenvalue weighted by Gasteiger charge is -2.11. The van der Waals surface area contributed by atoms with E-state index in [1.807, 2.05) is 42.5 Å². The second-order valence-corrected chi connectivity index (χ2v) is 14.4. The molecule has 0 atom stereocenters. The van der Waals surface area contributed by atoms with E-state index in [1.54, 1.807) is 0 Å². The van der Waals surface area contributed by atoms with Gasteiger partial charge in [0.25, 0.3) is 0 Å². The van der Waals surface area contributed by atoms with Gasteiger partial charge in [0, 0.05) is 55.2 Å². The van der Waals surface area contributed by atoms with Crippen molar-refractivity contribution in [3.05, 3.63) is 188 Å². The van der Waals surface area contributed by atoms with Gasteiger partial charge in [-0.05, 0) is 59.7 Å². The van der Waals surface area contributed by atoms with Crippen molar-refractivity contribution < 1.29 is 4.42 Å². The van der Waals surface area contributed by atoms with Crippen molar-refractivity contribution >= 4 is 65.6 Å². The van der Waals surface area contributed by atoms with Crippen molar-refractivity contribution in [3.8, 4) is 45.5 Å². The Morgan fingerprint density at radius 2 is 0.947 bits per heavy atom.